The number of halogens is 3. The van der Waals surface area contributed by atoms with Gasteiger partial charge in [0.2, 0.25) is 0 Å². The number of benzene rings is 3. The highest BCUT2D eigenvalue weighted by Crippen LogP contribution is 2.23. The zero-order chi connectivity index (χ0) is 25.4. The smallest absolute Gasteiger partial charge is 0.165 e. The lowest BCUT2D eigenvalue weighted by atomic mass is 10.1. The summed E-state index contributed by atoms with van der Waals surface area (Å²) in [6.07, 6.45) is 0. The van der Waals surface area contributed by atoms with Crippen molar-refractivity contribution in [2.75, 3.05) is 13.1 Å². The molecule has 184 valence electrons. The summed E-state index contributed by atoms with van der Waals surface area (Å²) in [6.45, 7) is 4.29. The van der Waals surface area contributed by atoms with Crippen molar-refractivity contribution < 1.29 is 22.6 Å². The monoisotopic (exact) mass is 484 g/mol. The molecule has 3 aromatic rings. The van der Waals surface area contributed by atoms with E-state index in [0.717, 1.165) is 0 Å². The van der Waals surface area contributed by atoms with Crippen LogP contribution in [0.3, 0.4) is 0 Å². The van der Waals surface area contributed by atoms with Crippen molar-refractivity contribution in [1.29, 1.82) is 10.8 Å². The van der Waals surface area contributed by atoms with E-state index in [1.54, 1.807) is 18.2 Å². The Kier molecular flexibility index (Phi) is 8.72. The molecule has 6 nitrogen and oxygen atoms in total. The molecule has 35 heavy (non-hydrogen) atoms. The van der Waals surface area contributed by atoms with Crippen LogP contribution in [0.5, 0.6) is 11.5 Å². The standard InChI is InChI=1S/C26H27F3N4O2/c1-3-32-25(30)16-8-10-22(20(27)12-16)34-14-18-6-5-7-19(24(18)29)15-35-23-11-9-17(13-21(23)28)26(31)33-4-2/h5-13H,3-4,14-15H2,1-2H3,(H2,30,32)(H2,31,33). The van der Waals surface area contributed by atoms with Gasteiger partial charge >= 0.3 is 0 Å². The second kappa shape index (κ2) is 11.9. The summed E-state index contributed by atoms with van der Waals surface area (Å²) < 4.78 is 54.7. The van der Waals surface area contributed by atoms with Crippen LogP contribution in [0.25, 0.3) is 0 Å². The summed E-state index contributed by atoms with van der Waals surface area (Å²) in [7, 11) is 0. The van der Waals surface area contributed by atoms with Gasteiger partial charge in [-0.05, 0) is 50.2 Å². The highest BCUT2D eigenvalue weighted by Gasteiger charge is 2.14. The lowest BCUT2D eigenvalue weighted by Gasteiger charge is -2.13. The van der Waals surface area contributed by atoms with E-state index in [-0.39, 0.29) is 47.5 Å². The van der Waals surface area contributed by atoms with Gasteiger partial charge in [0, 0.05) is 35.3 Å². The third-order valence-corrected chi connectivity index (χ3v) is 5.07. The van der Waals surface area contributed by atoms with E-state index < -0.39 is 17.5 Å². The molecule has 9 heteroatoms. The minimum atomic E-state index is -0.661. The first kappa shape index (κ1) is 25.6. The molecule has 0 bridgehead atoms. The first-order valence-electron chi connectivity index (χ1n) is 11.1. The fraction of sp³-hybridized carbons (Fsp3) is 0.231. The van der Waals surface area contributed by atoms with Crippen LogP contribution in [-0.4, -0.2) is 24.8 Å². The molecule has 0 spiro atoms. The maximum absolute atomic E-state index is 15.0. The van der Waals surface area contributed by atoms with Crippen LogP contribution >= 0.6 is 0 Å². The molecule has 0 unspecified atom stereocenters. The summed E-state index contributed by atoms with van der Waals surface area (Å²) in [5.41, 5.74) is 1.12. The Labute approximate surface area is 202 Å². The molecule has 0 aliphatic rings. The second-order valence-corrected chi connectivity index (χ2v) is 7.57. The molecule has 0 heterocycles. The van der Waals surface area contributed by atoms with Crippen molar-refractivity contribution in [3.63, 3.8) is 0 Å². The van der Waals surface area contributed by atoms with Gasteiger partial charge in [-0.3, -0.25) is 10.8 Å². The molecule has 0 aliphatic heterocycles. The van der Waals surface area contributed by atoms with Crippen molar-refractivity contribution in [3.05, 3.63) is 94.3 Å². The Morgan fingerprint density at radius 1 is 0.714 bits per heavy atom. The van der Waals surface area contributed by atoms with Gasteiger partial charge in [-0.25, -0.2) is 13.2 Å². The summed E-state index contributed by atoms with van der Waals surface area (Å²) in [6, 6.07) is 12.9. The molecule has 0 fully saturated rings. The third-order valence-electron chi connectivity index (χ3n) is 5.07. The Hall–Kier alpha value is -4.01. The van der Waals surface area contributed by atoms with E-state index in [1.807, 2.05) is 13.8 Å². The minimum Gasteiger partial charge on any atom is -0.486 e. The van der Waals surface area contributed by atoms with Crippen molar-refractivity contribution >= 4 is 11.7 Å². The number of hydrogen-bond acceptors (Lipinski definition) is 4. The lowest BCUT2D eigenvalue weighted by Crippen LogP contribution is -2.22. The predicted octanol–water partition coefficient (Wildman–Crippen LogP) is 5.13. The van der Waals surface area contributed by atoms with Gasteiger partial charge in [0.15, 0.2) is 23.1 Å². The van der Waals surface area contributed by atoms with E-state index in [1.165, 1.54) is 36.4 Å². The highest BCUT2D eigenvalue weighted by molar-refractivity contribution is 5.96. The largest absolute Gasteiger partial charge is 0.486 e. The molecule has 0 atom stereocenters. The van der Waals surface area contributed by atoms with Crippen molar-refractivity contribution in [1.82, 2.24) is 10.6 Å². The van der Waals surface area contributed by atoms with Crippen molar-refractivity contribution in [2.24, 2.45) is 0 Å². The summed E-state index contributed by atoms with van der Waals surface area (Å²) >= 11 is 0. The van der Waals surface area contributed by atoms with Crippen LogP contribution < -0.4 is 20.1 Å². The molecular weight excluding hydrogens is 457 g/mol. The van der Waals surface area contributed by atoms with Crippen LogP contribution in [0.2, 0.25) is 0 Å². The van der Waals surface area contributed by atoms with Crippen molar-refractivity contribution in [2.45, 2.75) is 27.1 Å². The highest BCUT2D eigenvalue weighted by atomic mass is 19.1. The van der Waals surface area contributed by atoms with Crippen LogP contribution in [0.4, 0.5) is 13.2 Å². The molecule has 3 rings (SSSR count). The van der Waals surface area contributed by atoms with E-state index in [2.05, 4.69) is 10.6 Å². The molecule has 0 saturated carbocycles. The fourth-order valence-electron chi connectivity index (χ4n) is 3.27. The maximum atomic E-state index is 15.0. The van der Waals surface area contributed by atoms with Crippen LogP contribution in [0.15, 0.2) is 54.6 Å². The predicted molar refractivity (Wildman–Crippen MR) is 129 cm³/mol. The quantitative estimate of drug-likeness (QED) is 0.237. The normalized spacial score (nSPS) is 10.5. The van der Waals surface area contributed by atoms with Crippen LogP contribution in [0, 0.1) is 28.3 Å². The van der Waals surface area contributed by atoms with Gasteiger partial charge in [-0.2, -0.15) is 0 Å². The molecule has 0 amide bonds. The molecule has 0 saturated heterocycles. The summed E-state index contributed by atoms with van der Waals surface area (Å²) in [5, 5.41) is 21.3. The van der Waals surface area contributed by atoms with Gasteiger partial charge < -0.3 is 20.1 Å². The lowest BCUT2D eigenvalue weighted by molar-refractivity contribution is 0.274. The average Bonchev–Trinajstić information content (AvgIpc) is 2.84. The number of hydrogen-bond donors (Lipinski definition) is 4. The second-order valence-electron chi connectivity index (χ2n) is 7.57. The van der Waals surface area contributed by atoms with E-state index >= 15 is 0 Å². The number of ether oxygens (including phenoxy) is 2. The average molecular weight is 485 g/mol. The van der Waals surface area contributed by atoms with Gasteiger partial charge in [0.1, 0.15) is 30.7 Å². The van der Waals surface area contributed by atoms with E-state index in [4.69, 9.17) is 20.3 Å². The zero-order valence-electron chi connectivity index (χ0n) is 19.5. The summed E-state index contributed by atoms with van der Waals surface area (Å²) in [4.78, 5) is 0. The van der Waals surface area contributed by atoms with Crippen molar-refractivity contribution in [3.8, 4) is 11.5 Å². The molecule has 3 aromatic carbocycles. The molecular formula is C26H27F3N4O2. The number of rotatable bonds is 10. The van der Waals surface area contributed by atoms with Gasteiger partial charge in [-0.15, -0.1) is 0 Å². The van der Waals surface area contributed by atoms with Gasteiger partial charge in [0.25, 0.3) is 0 Å². The SMILES string of the molecule is CCNC(=N)c1ccc(OCc2cccc(COc3ccc(C(=N)NCC)cc3F)c2F)c(F)c1. The summed E-state index contributed by atoms with van der Waals surface area (Å²) in [5.74, 6) is -1.85. The topological polar surface area (TPSA) is 90.2 Å². The molecule has 0 aliphatic carbocycles. The Balaban J connectivity index is 1.65. The van der Waals surface area contributed by atoms with Gasteiger partial charge in [-0.1, -0.05) is 18.2 Å². The van der Waals surface area contributed by atoms with Gasteiger partial charge in [0.05, 0.1) is 0 Å². The Bertz CT molecular complexity index is 1130. The van der Waals surface area contributed by atoms with Crippen LogP contribution in [-0.2, 0) is 13.2 Å². The zero-order valence-corrected chi connectivity index (χ0v) is 19.5. The molecule has 4 N–H and O–H groups in total. The maximum Gasteiger partial charge on any atom is 0.165 e. The number of amidine groups is 2. The fourth-order valence-corrected chi connectivity index (χ4v) is 3.27. The number of nitrogens with one attached hydrogen (secondary N) is 4. The van der Waals surface area contributed by atoms with E-state index in [0.29, 0.717) is 24.2 Å². The van der Waals surface area contributed by atoms with Crippen LogP contribution in [0.1, 0.15) is 36.1 Å². The Morgan fingerprint density at radius 2 is 1.14 bits per heavy atom. The third kappa shape index (κ3) is 6.53. The first-order chi connectivity index (χ1) is 16.8. The first-order valence-corrected chi connectivity index (χ1v) is 11.1. The molecule has 0 aromatic heterocycles. The Morgan fingerprint density at radius 3 is 1.51 bits per heavy atom. The van der Waals surface area contributed by atoms with E-state index in [9.17, 15) is 13.2 Å². The molecule has 0 radical (unpaired) electrons. The minimum absolute atomic E-state index is 0.0654.